The maximum absolute atomic E-state index is 12.5. The van der Waals surface area contributed by atoms with E-state index in [9.17, 15) is 9.59 Å². The van der Waals surface area contributed by atoms with Gasteiger partial charge in [0.1, 0.15) is 10.7 Å². The number of hydrogen-bond donors (Lipinski definition) is 1. The molecule has 0 saturated heterocycles. The molecular weight excluding hydrogens is 366 g/mol. The van der Waals surface area contributed by atoms with Crippen molar-refractivity contribution in [3.05, 3.63) is 57.7 Å². The number of carbonyl (C=O) groups excluding carboxylic acids is 2. The van der Waals surface area contributed by atoms with Gasteiger partial charge in [0.05, 0.1) is 0 Å². The molecule has 0 radical (unpaired) electrons. The van der Waals surface area contributed by atoms with Crippen molar-refractivity contribution in [1.82, 2.24) is 9.88 Å². The van der Waals surface area contributed by atoms with Crippen molar-refractivity contribution in [2.24, 2.45) is 0 Å². The van der Waals surface area contributed by atoms with Gasteiger partial charge in [-0.3, -0.25) is 9.59 Å². The summed E-state index contributed by atoms with van der Waals surface area (Å²) in [4.78, 5) is 31.1. The average molecular weight is 386 g/mol. The Labute approximate surface area is 160 Å². The van der Waals surface area contributed by atoms with Crippen molar-refractivity contribution in [1.29, 1.82) is 0 Å². The molecule has 0 unspecified atom stereocenters. The Hall–Kier alpha value is -2.51. The molecule has 0 fully saturated rings. The molecule has 26 heavy (non-hydrogen) atoms. The Bertz CT molecular complexity index is 899. The summed E-state index contributed by atoms with van der Waals surface area (Å²) in [5.41, 5.74) is 2.53. The highest BCUT2D eigenvalue weighted by Gasteiger charge is 2.15. The number of benzene rings is 1. The number of nitrogens with zero attached hydrogens (tertiary/aromatic N) is 2. The molecule has 3 aromatic rings. The Morgan fingerprint density at radius 3 is 2.65 bits per heavy atom. The van der Waals surface area contributed by atoms with Crippen molar-refractivity contribution in [3.63, 3.8) is 0 Å². The van der Waals surface area contributed by atoms with E-state index in [4.69, 9.17) is 0 Å². The van der Waals surface area contributed by atoms with Crippen LogP contribution in [0.3, 0.4) is 0 Å². The van der Waals surface area contributed by atoms with Crippen LogP contribution in [-0.4, -0.2) is 34.8 Å². The van der Waals surface area contributed by atoms with Gasteiger partial charge in [-0.1, -0.05) is 6.07 Å². The predicted octanol–water partition coefficient (Wildman–Crippen LogP) is 4.61. The van der Waals surface area contributed by atoms with E-state index in [0.29, 0.717) is 30.0 Å². The second-order valence-corrected chi connectivity index (χ2v) is 7.20. The fourth-order valence-corrected chi connectivity index (χ4v) is 4.03. The molecule has 0 atom stereocenters. The van der Waals surface area contributed by atoms with Crippen LogP contribution in [0.1, 0.15) is 34.7 Å². The van der Waals surface area contributed by atoms with Gasteiger partial charge in [0.25, 0.3) is 11.8 Å². The number of anilines is 1. The number of thiophene rings is 1. The Morgan fingerprint density at radius 1 is 1.15 bits per heavy atom. The lowest BCUT2D eigenvalue weighted by Crippen LogP contribution is -2.30. The smallest absolute Gasteiger partial charge is 0.275 e. The SMILES string of the molecule is CCN(CC)C(=O)c1cccc(NC(=O)c2csc(-c3ccsc3)n2)c1. The van der Waals surface area contributed by atoms with Crippen LogP contribution in [0.4, 0.5) is 5.69 Å². The van der Waals surface area contributed by atoms with Crippen LogP contribution in [0.15, 0.2) is 46.5 Å². The molecule has 1 N–H and O–H groups in total. The lowest BCUT2D eigenvalue weighted by atomic mass is 10.1. The zero-order valence-corrected chi connectivity index (χ0v) is 16.2. The normalized spacial score (nSPS) is 10.5. The number of hydrogen-bond acceptors (Lipinski definition) is 5. The van der Waals surface area contributed by atoms with Gasteiger partial charge in [-0.25, -0.2) is 4.98 Å². The van der Waals surface area contributed by atoms with Gasteiger partial charge >= 0.3 is 0 Å². The predicted molar refractivity (Wildman–Crippen MR) is 107 cm³/mol. The summed E-state index contributed by atoms with van der Waals surface area (Å²) >= 11 is 3.03. The third-order valence-corrected chi connectivity index (χ3v) is 5.50. The van der Waals surface area contributed by atoms with E-state index in [2.05, 4.69) is 10.3 Å². The van der Waals surface area contributed by atoms with E-state index in [1.807, 2.05) is 30.7 Å². The summed E-state index contributed by atoms with van der Waals surface area (Å²) in [6, 6.07) is 8.97. The van der Waals surface area contributed by atoms with Gasteiger partial charge < -0.3 is 10.2 Å². The Morgan fingerprint density at radius 2 is 1.96 bits per heavy atom. The van der Waals surface area contributed by atoms with Crippen LogP contribution >= 0.6 is 22.7 Å². The van der Waals surface area contributed by atoms with E-state index in [1.165, 1.54) is 11.3 Å². The highest BCUT2D eigenvalue weighted by molar-refractivity contribution is 7.14. The van der Waals surface area contributed by atoms with Crippen LogP contribution in [0.5, 0.6) is 0 Å². The monoisotopic (exact) mass is 385 g/mol. The molecule has 3 rings (SSSR count). The molecule has 0 aliphatic carbocycles. The first-order valence-electron chi connectivity index (χ1n) is 8.31. The zero-order chi connectivity index (χ0) is 18.5. The minimum Gasteiger partial charge on any atom is -0.339 e. The summed E-state index contributed by atoms with van der Waals surface area (Å²) in [5.74, 6) is -0.324. The summed E-state index contributed by atoms with van der Waals surface area (Å²) in [6.45, 7) is 5.19. The summed E-state index contributed by atoms with van der Waals surface area (Å²) in [7, 11) is 0. The number of rotatable bonds is 6. The average Bonchev–Trinajstić information content (AvgIpc) is 3.34. The minimum absolute atomic E-state index is 0.0421. The maximum atomic E-state index is 12.5. The van der Waals surface area contributed by atoms with Crippen molar-refractivity contribution in [2.45, 2.75) is 13.8 Å². The van der Waals surface area contributed by atoms with Crippen molar-refractivity contribution in [2.75, 3.05) is 18.4 Å². The second-order valence-electron chi connectivity index (χ2n) is 5.56. The highest BCUT2D eigenvalue weighted by atomic mass is 32.1. The van der Waals surface area contributed by atoms with Gasteiger partial charge in [-0.15, -0.1) is 11.3 Å². The molecule has 0 aliphatic heterocycles. The van der Waals surface area contributed by atoms with Gasteiger partial charge in [0.2, 0.25) is 0 Å². The van der Waals surface area contributed by atoms with Crippen LogP contribution in [-0.2, 0) is 0 Å². The van der Waals surface area contributed by atoms with Crippen molar-refractivity contribution >= 4 is 40.2 Å². The fourth-order valence-electron chi connectivity index (χ4n) is 2.52. The topological polar surface area (TPSA) is 62.3 Å². The molecule has 2 heterocycles. The van der Waals surface area contributed by atoms with Gasteiger partial charge in [0, 0.05) is 40.7 Å². The first kappa shape index (κ1) is 18.3. The number of amides is 2. The molecule has 0 aliphatic rings. The third kappa shape index (κ3) is 4.00. The molecule has 0 bridgehead atoms. The summed E-state index contributed by atoms with van der Waals surface area (Å²) in [5, 5.41) is 9.37. The van der Waals surface area contributed by atoms with E-state index in [0.717, 1.165) is 10.6 Å². The molecule has 7 heteroatoms. The third-order valence-electron chi connectivity index (χ3n) is 3.92. The number of nitrogens with one attached hydrogen (secondary N) is 1. The Balaban J connectivity index is 1.74. The van der Waals surface area contributed by atoms with Crippen LogP contribution < -0.4 is 5.32 Å². The van der Waals surface area contributed by atoms with E-state index in [1.54, 1.807) is 45.9 Å². The van der Waals surface area contributed by atoms with Crippen LogP contribution in [0.25, 0.3) is 10.6 Å². The summed E-state index contributed by atoms with van der Waals surface area (Å²) in [6.07, 6.45) is 0. The highest BCUT2D eigenvalue weighted by Crippen LogP contribution is 2.26. The molecule has 2 aromatic heterocycles. The van der Waals surface area contributed by atoms with Gasteiger partial charge in [0.15, 0.2) is 0 Å². The van der Waals surface area contributed by atoms with Gasteiger partial charge in [-0.05, 0) is 43.5 Å². The molecule has 134 valence electrons. The quantitative estimate of drug-likeness (QED) is 0.674. The zero-order valence-electron chi connectivity index (χ0n) is 14.6. The largest absolute Gasteiger partial charge is 0.339 e. The van der Waals surface area contributed by atoms with Crippen molar-refractivity contribution < 1.29 is 9.59 Å². The molecule has 5 nitrogen and oxygen atoms in total. The molecule has 2 amide bonds. The first-order chi connectivity index (χ1) is 12.6. The number of carbonyl (C=O) groups is 2. The molecule has 0 saturated carbocycles. The van der Waals surface area contributed by atoms with Crippen LogP contribution in [0, 0.1) is 0 Å². The standard InChI is InChI=1S/C19H19N3O2S2/c1-3-22(4-2)19(24)13-6-5-7-15(10-13)20-17(23)16-12-26-18(21-16)14-8-9-25-11-14/h5-12H,3-4H2,1-2H3,(H,20,23). The molecular formula is C19H19N3O2S2. The lowest BCUT2D eigenvalue weighted by Gasteiger charge is -2.18. The fraction of sp³-hybridized carbons (Fsp3) is 0.211. The maximum Gasteiger partial charge on any atom is 0.275 e. The van der Waals surface area contributed by atoms with Crippen molar-refractivity contribution in [3.8, 4) is 10.6 Å². The van der Waals surface area contributed by atoms with E-state index >= 15 is 0 Å². The van der Waals surface area contributed by atoms with Crippen LogP contribution in [0.2, 0.25) is 0 Å². The van der Waals surface area contributed by atoms with Gasteiger partial charge in [-0.2, -0.15) is 11.3 Å². The number of aromatic nitrogens is 1. The molecule has 1 aromatic carbocycles. The molecule has 0 spiro atoms. The second kappa shape index (κ2) is 8.25. The van der Waals surface area contributed by atoms with E-state index < -0.39 is 0 Å². The Kier molecular flexibility index (Phi) is 5.80. The first-order valence-corrected chi connectivity index (χ1v) is 10.1. The number of thiazole rings is 1. The summed E-state index contributed by atoms with van der Waals surface area (Å²) < 4.78 is 0. The lowest BCUT2D eigenvalue weighted by molar-refractivity contribution is 0.0772. The minimum atomic E-state index is -0.282. The van der Waals surface area contributed by atoms with E-state index in [-0.39, 0.29) is 11.8 Å².